The lowest BCUT2D eigenvalue weighted by atomic mass is 10.8. The molecule has 0 aliphatic heterocycles. The van der Waals surface area contributed by atoms with Gasteiger partial charge in [0.25, 0.3) is 0 Å². The molecule has 0 saturated heterocycles. The summed E-state index contributed by atoms with van der Waals surface area (Å²) in [5.74, 6) is -0.748. The van der Waals surface area contributed by atoms with Gasteiger partial charge >= 0.3 is 5.97 Å². The first-order valence-electron chi connectivity index (χ1n) is 2.41. The summed E-state index contributed by atoms with van der Waals surface area (Å²) in [7, 11) is 0. The highest BCUT2D eigenvalue weighted by molar-refractivity contribution is 8.01. The van der Waals surface area contributed by atoms with E-state index in [-0.39, 0.29) is 5.75 Å². The Hall–Kier alpha value is -0.620. The van der Waals surface area contributed by atoms with Crippen molar-refractivity contribution in [1.29, 1.82) is 0 Å². The van der Waals surface area contributed by atoms with Crippen LogP contribution in [0.15, 0.2) is 10.4 Å². The Morgan fingerprint density at radius 2 is 2.70 bits per heavy atom. The Balaban J connectivity index is 2.35. The SMILES string of the molecule is O=C(O)CSc1cnns1. The fourth-order valence-corrected chi connectivity index (χ4v) is 1.50. The minimum absolute atomic E-state index is 0.0733. The van der Waals surface area contributed by atoms with Crippen molar-refractivity contribution < 1.29 is 9.90 Å². The van der Waals surface area contributed by atoms with E-state index in [9.17, 15) is 4.79 Å². The van der Waals surface area contributed by atoms with E-state index in [1.54, 1.807) is 6.20 Å². The van der Waals surface area contributed by atoms with Crippen LogP contribution in [0.4, 0.5) is 0 Å². The molecule has 1 aromatic rings. The summed E-state index contributed by atoms with van der Waals surface area (Å²) in [4.78, 5) is 10.0. The molecule has 0 aliphatic rings. The van der Waals surface area contributed by atoms with E-state index in [0.29, 0.717) is 0 Å². The summed E-state index contributed by atoms with van der Waals surface area (Å²) >= 11 is 2.43. The molecule has 0 unspecified atom stereocenters. The van der Waals surface area contributed by atoms with E-state index >= 15 is 0 Å². The molecule has 0 aliphatic carbocycles. The van der Waals surface area contributed by atoms with Crippen LogP contribution < -0.4 is 0 Å². The first kappa shape index (κ1) is 7.49. The van der Waals surface area contributed by atoms with Crippen LogP contribution in [0.1, 0.15) is 0 Å². The van der Waals surface area contributed by atoms with Crippen molar-refractivity contribution in [2.45, 2.75) is 4.21 Å². The number of rotatable bonds is 3. The molecule has 0 radical (unpaired) electrons. The number of carbonyl (C=O) groups is 1. The third-order valence-electron chi connectivity index (χ3n) is 0.679. The Morgan fingerprint density at radius 3 is 3.20 bits per heavy atom. The summed E-state index contributed by atoms with van der Waals surface area (Å²) in [5, 5.41) is 11.8. The van der Waals surface area contributed by atoms with Crippen molar-refractivity contribution in [2.24, 2.45) is 0 Å². The molecule has 6 heteroatoms. The van der Waals surface area contributed by atoms with Gasteiger partial charge in [-0.05, 0) is 11.5 Å². The van der Waals surface area contributed by atoms with Gasteiger partial charge in [-0.15, -0.1) is 16.9 Å². The third-order valence-corrected chi connectivity index (χ3v) is 2.50. The first-order chi connectivity index (χ1) is 4.79. The monoisotopic (exact) mass is 176 g/mol. The van der Waals surface area contributed by atoms with Gasteiger partial charge < -0.3 is 5.11 Å². The van der Waals surface area contributed by atoms with Gasteiger partial charge in [0.2, 0.25) is 0 Å². The number of thioether (sulfide) groups is 1. The molecular formula is C4H4N2O2S2. The van der Waals surface area contributed by atoms with Crippen molar-refractivity contribution >= 4 is 29.3 Å². The van der Waals surface area contributed by atoms with E-state index in [1.165, 1.54) is 23.3 Å². The van der Waals surface area contributed by atoms with Crippen molar-refractivity contribution in [3.63, 3.8) is 0 Å². The van der Waals surface area contributed by atoms with Crippen LogP contribution in [-0.4, -0.2) is 26.4 Å². The van der Waals surface area contributed by atoms with Crippen molar-refractivity contribution in [3.05, 3.63) is 6.20 Å². The maximum Gasteiger partial charge on any atom is 0.313 e. The van der Waals surface area contributed by atoms with E-state index in [1.807, 2.05) is 0 Å². The molecule has 0 atom stereocenters. The maximum absolute atomic E-state index is 10.0. The summed E-state index contributed by atoms with van der Waals surface area (Å²) in [6.45, 7) is 0. The Kier molecular flexibility index (Phi) is 2.64. The predicted octanol–water partition coefficient (Wildman–Crippen LogP) is 0.715. The van der Waals surface area contributed by atoms with Crippen LogP contribution in [-0.2, 0) is 4.79 Å². The van der Waals surface area contributed by atoms with E-state index in [0.717, 1.165) is 4.21 Å². The molecule has 0 saturated carbocycles. The topological polar surface area (TPSA) is 63.1 Å². The van der Waals surface area contributed by atoms with Crippen molar-refractivity contribution in [1.82, 2.24) is 9.59 Å². The molecule has 1 N–H and O–H groups in total. The molecule has 1 heterocycles. The molecule has 1 rings (SSSR count). The lowest BCUT2D eigenvalue weighted by molar-refractivity contribution is -0.133. The first-order valence-corrected chi connectivity index (χ1v) is 4.17. The summed E-state index contributed by atoms with van der Waals surface area (Å²) in [6, 6.07) is 0. The Labute approximate surface area is 65.4 Å². The number of hydrogen-bond acceptors (Lipinski definition) is 5. The van der Waals surface area contributed by atoms with Gasteiger partial charge in [-0.2, -0.15) is 0 Å². The number of nitrogens with zero attached hydrogens (tertiary/aromatic N) is 2. The van der Waals surface area contributed by atoms with Crippen LogP contribution in [0.2, 0.25) is 0 Å². The minimum atomic E-state index is -0.821. The third kappa shape index (κ3) is 2.32. The van der Waals surface area contributed by atoms with Crippen molar-refractivity contribution in [2.75, 3.05) is 5.75 Å². The number of carboxylic acids is 1. The highest BCUT2D eigenvalue weighted by Crippen LogP contribution is 2.18. The predicted molar refractivity (Wildman–Crippen MR) is 38.3 cm³/mol. The van der Waals surface area contributed by atoms with Crippen LogP contribution in [0, 0.1) is 0 Å². The van der Waals surface area contributed by atoms with E-state index in [4.69, 9.17) is 5.11 Å². The Bertz CT molecular complexity index is 211. The lowest BCUT2D eigenvalue weighted by Gasteiger charge is -1.87. The highest BCUT2D eigenvalue weighted by atomic mass is 32.2. The summed E-state index contributed by atoms with van der Waals surface area (Å²) < 4.78 is 4.41. The summed E-state index contributed by atoms with van der Waals surface area (Å²) in [6.07, 6.45) is 1.55. The van der Waals surface area contributed by atoms with Crippen LogP contribution >= 0.6 is 23.3 Å². The summed E-state index contributed by atoms with van der Waals surface area (Å²) in [5.41, 5.74) is 0. The molecule has 10 heavy (non-hydrogen) atoms. The molecule has 0 bridgehead atoms. The second kappa shape index (κ2) is 3.52. The van der Waals surface area contributed by atoms with Gasteiger partial charge in [-0.3, -0.25) is 4.79 Å². The van der Waals surface area contributed by atoms with Gasteiger partial charge in [-0.25, -0.2) is 0 Å². The number of aliphatic carboxylic acids is 1. The Morgan fingerprint density at radius 1 is 1.90 bits per heavy atom. The van der Waals surface area contributed by atoms with E-state index < -0.39 is 5.97 Å². The average molecular weight is 176 g/mol. The fourth-order valence-electron chi connectivity index (χ4n) is 0.355. The molecule has 54 valence electrons. The maximum atomic E-state index is 10.0. The van der Waals surface area contributed by atoms with E-state index in [2.05, 4.69) is 9.59 Å². The fraction of sp³-hybridized carbons (Fsp3) is 0.250. The lowest BCUT2D eigenvalue weighted by Crippen LogP contribution is -1.96. The molecule has 4 nitrogen and oxygen atoms in total. The van der Waals surface area contributed by atoms with Gasteiger partial charge in [0.15, 0.2) is 0 Å². The van der Waals surface area contributed by atoms with Crippen LogP contribution in [0.25, 0.3) is 0 Å². The molecule has 0 fully saturated rings. The standard InChI is InChI=1S/C4H4N2O2S2/c7-3(8)2-9-4-1-5-6-10-4/h1H,2H2,(H,7,8). The number of hydrogen-bond donors (Lipinski definition) is 1. The smallest absolute Gasteiger partial charge is 0.313 e. The zero-order valence-electron chi connectivity index (χ0n) is 4.85. The second-order valence-corrected chi connectivity index (χ2v) is 3.48. The molecule has 0 aromatic carbocycles. The quantitative estimate of drug-likeness (QED) is 0.687. The number of aromatic nitrogens is 2. The zero-order chi connectivity index (χ0) is 7.40. The number of carboxylic acid groups (broad SMARTS) is 1. The molecule has 0 spiro atoms. The van der Waals surface area contributed by atoms with Crippen molar-refractivity contribution in [3.8, 4) is 0 Å². The minimum Gasteiger partial charge on any atom is -0.481 e. The average Bonchev–Trinajstić information content (AvgIpc) is 2.34. The van der Waals surface area contributed by atoms with Crippen LogP contribution in [0.3, 0.4) is 0 Å². The van der Waals surface area contributed by atoms with Crippen LogP contribution in [0.5, 0.6) is 0 Å². The highest BCUT2D eigenvalue weighted by Gasteiger charge is 2.00. The molecule has 1 aromatic heterocycles. The second-order valence-electron chi connectivity index (χ2n) is 1.42. The van der Waals surface area contributed by atoms with Gasteiger partial charge in [0, 0.05) is 0 Å². The molecular weight excluding hydrogens is 172 g/mol. The van der Waals surface area contributed by atoms with Gasteiger partial charge in [-0.1, -0.05) is 4.49 Å². The largest absolute Gasteiger partial charge is 0.481 e. The normalized spacial score (nSPS) is 9.60. The zero-order valence-corrected chi connectivity index (χ0v) is 6.48. The van der Waals surface area contributed by atoms with Gasteiger partial charge in [0.05, 0.1) is 11.9 Å². The molecule has 0 amide bonds. The van der Waals surface area contributed by atoms with Gasteiger partial charge in [0.1, 0.15) is 4.21 Å².